The number of halogens is 2. The summed E-state index contributed by atoms with van der Waals surface area (Å²) in [4.78, 5) is 4.08. The van der Waals surface area contributed by atoms with Gasteiger partial charge in [0, 0.05) is 12.4 Å². The van der Waals surface area contributed by atoms with Crippen LogP contribution in [-0.2, 0) is 6.42 Å². The van der Waals surface area contributed by atoms with Gasteiger partial charge in [-0.25, -0.2) is 4.39 Å². The average Bonchev–Trinajstić information content (AvgIpc) is 2.76. The third kappa shape index (κ3) is 2.29. The van der Waals surface area contributed by atoms with E-state index in [1.54, 1.807) is 12.3 Å². The van der Waals surface area contributed by atoms with E-state index < -0.39 is 0 Å². The van der Waals surface area contributed by atoms with Crippen molar-refractivity contribution in [3.05, 3.63) is 65.2 Å². The number of hydrogen-bond donors (Lipinski definition) is 0. The topological polar surface area (TPSA) is 12.9 Å². The van der Waals surface area contributed by atoms with E-state index in [0.29, 0.717) is 0 Å². The summed E-state index contributed by atoms with van der Waals surface area (Å²) in [5.41, 5.74) is 4.17. The van der Waals surface area contributed by atoms with E-state index in [4.69, 9.17) is 0 Å². The SMILES string of the molecule is Cl.Fc1cccc2c1CCC2=Cc1cccnc1. The fourth-order valence-electron chi connectivity index (χ4n) is 2.32. The van der Waals surface area contributed by atoms with E-state index in [1.807, 2.05) is 24.4 Å². The molecule has 3 rings (SSSR count). The van der Waals surface area contributed by atoms with Crippen molar-refractivity contribution in [3.8, 4) is 0 Å². The van der Waals surface area contributed by atoms with Crippen molar-refractivity contribution in [1.82, 2.24) is 4.98 Å². The molecule has 1 heterocycles. The Morgan fingerprint density at radius 3 is 2.78 bits per heavy atom. The van der Waals surface area contributed by atoms with E-state index in [2.05, 4.69) is 11.1 Å². The Balaban J connectivity index is 0.00000120. The molecule has 0 amide bonds. The van der Waals surface area contributed by atoms with Gasteiger partial charge in [-0.05, 0) is 53.3 Å². The second-order valence-corrected chi connectivity index (χ2v) is 4.22. The molecule has 3 heteroatoms. The molecule has 0 atom stereocenters. The van der Waals surface area contributed by atoms with Crippen LogP contribution >= 0.6 is 12.4 Å². The molecule has 0 saturated heterocycles. The highest BCUT2D eigenvalue weighted by molar-refractivity contribution is 5.85. The van der Waals surface area contributed by atoms with Crippen molar-refractivity contribution < 1.29 is 4.39 Å². The number of rotatable bonds is 1. The largest absolute Gasteiger partial charge is 0.264 e. The molecular weight excluding hydrogens is 249 g/mol. The lowest BCUT2D eigenvalue weighted by atomic mass is 10.1. The molecule has 2 aromatic rings. The van der Waals surface area contributed by atoms with Gasteiger partial charge in [0.2, 0.25) is 0 Å². The number of pyridine rings is 1. The van der Waals surface area contributed by atoms with Crippen LogP contribution in [0.25, 0.3) is 11.6 Å². The highest BCUT2D eigenvalue weighted by Gasteiger charge is 2.18. The molecule has 0 unspecified atom stereocenters. The summed E-state index contributed by atoms with van der Waals surface area (Å²) in [6.45, 7) is 0. The molecule has 0 fully saturated rings. The third-order valence-corrected chi connectivity index (χ3v) is 3.13. The van der Waals surface area contributed by atoms with Crippen molar-refractivity contribution in [2.75, 3.05) is 0 Å². The monoisotopic (exact) mass is 261 g/mol. The minimum Gasteiger partial charge on any atom is -0.264 e. The first-order valence-corrected chi connectivity index (χ1v) is 5.73. The van der Waals surface area contributed by atoms with Crippen LogP contribution in [0.1, 0.15) is 23.1 Å². The van der Waals surface area contributed by atoms with Gasteiger partial charge in [-0.3, -0.25) is 4.98 Å². The summed E-state index contributed by atoms with van der Waals surface area (Å²) in [6, 6.07) is 9.22. The van der Waals surface area contributed by atoms with Crippen LogP contribution in [0.2, 0.25) is 0 Å². The Hall–Kier alpha value is -1.67. The van der Waals surface area contributed by atoms with Gasteiger partial charge in [-0.15, -0.1) is 12.4 Å². The molecule has 0 N–H and O–H groups in total. The van der Waals surface area contributed by atoms with E-state index >= 15 is 0 Å². The zero-order valence-electron chi connectivity index (χ0n) is 9.77. The molecule has 0 aliphatic heterocycles. The number of benzene rings is 1. The molecule has 1 nitrogen and oxygen atoms in total. The zero-order valence-corrected chi connectivity index (χ0v) is 10.6. The number of aromatic nitrogens is 1. The lowest BCUT2D eigenvalue weighted by Crippen LogP contribution is -1.86. The zero-order chi connectivity index (χ0) is 11.7. The van der Waals surface area contributed by atoms with Crippen molar-refractivity contribution in [1.29, 1.82) is 0 Å². The first-order chi connectivity index (χ1) is 8.34. The van der Waals surface area contributed by atoms with Crippen molar-refractivity contribution in [3.63, 3.8) is 0 Å². The second kappa shape index (κ2) is 5.32. The van der Waals surface area contributed by atoms with Gasteiger partial charge < -0.3 is 0 Å². The minimum atomic E-state index is -0.0860. The van der Waals surface area contributed by atoms with E-state index in [-0.39, 0.29) is 18.2 Å². The lowest BCUT2D eigenvalue weighted by Gasteiger charge is -2.01. The lowest BCUT2D eigenvalue weighted by molar-refractivity contribution is 0.613. The van der Waals surface area contributed by atoms with Gasteiger partial charge in [-0.1, -0.05) is 18.2 Å². The van der Waals surface area contributed by atoms with Gasteiger partial charge in [0.05, 0.1) is 0 Å². The number of nitrogens with zero attached hydrogens (tertiary/aromatic N) is 1. The van der Waals surface area contributed by atoms with Gasteiger partial charge in [0.1, 0.15) is 5.82 Å². The summed E-state index contributed by atoms with van der Waals surface area (Å²) in [5.74, 6) is -0.0860. The molecule has 1 aliphatic rings. The Kier molecular flexibility index (Phi) is 3.78. The minimum absolute atomic E-state index is 0. The molecule has 1 aromatic heterocycles. The fourth-order valence-corrected chi connectivity index (χ4v) is 2.32. The number of allylic oxidation sites excluding steroid dienone is 1. The predicted octanol–water partition coefficient (Wildman–Crippen LogP) is 4.13. The highest BCUT2D eigenvalue weighted by Crippen LogP contribution is 2.34. The molecule has 92 valence electrons. The summed E-state index contributed by atoms with van der Waals surface area (Å²) >= 11 is 0. The van der Waals surface area contributed by atoms with Crippen molar-refractivity contribution in [2.45, 2.75) is 12.8 Å². The maximum absolute atomic E-state index is 13.6. The van der Waals surface area contributed by atoms with Crippen LogP contribution < -0.4 is 0 Å². The van der Waals surface area contributed by atoms with Crippen LogP contribution in [0.3, 0.4) is 0 Å². The molecule has 0 bridgehead atoms. The predicted molar refractivity (Wildman–Crippen MR) is 74.1 cm³/mol. The van der Waals surface area contributed by atoms with Crippen molar-refractivity contribution >= 4 is 24.1 Å². The van der Waals surface area contributed by atoms with E-state index in [9.17, 15) is 4.39 Å². The fraction of sp³-hybridized carbons (Fsp3) is 0.133. The van der Waals surface area contributed by atoms with Crippen LogP contribution in [0.15, 0.2) is 42.7 Å². The second-order valence-electron chi connectivity index (χ2n) is 4.22. The van der Waals surface area contributed by atoms with Crippen molar-refractivity contribution in [2.24, 2.45) is 0 Å². The average molecular weight is 262 g/mol. The smallest absolute Gasteiger partial charge is 0.127 e. The summed E-state index contributed by atoms with van der Waals surface area (Å²) in [5, 5.41) is 0. The normalized spacial score (nSPS) is 15.3. The number of hydrogen-bond acceptors (Lipinski definition) is 1. The summed E-state index contributed by atoms with van der Waals surface area (Å²) in [7, 11) is 0. The van der Waals surface area contributed by atoms with E-state index in [1.165, 1.54) is 11.6 Å². The quantitative estimate of drug-likeness (QED) is 0.752. The van der Waals surface area contributed by atoms with Crippen LogP contribution in [0.4, 0.5) is 4.39 Å². The Bertz CT molecular complexity index is 578. The Morgan fingerprint density at radius 1 is 1.11 bits per heavy atom. The summed E-state index contributed by atoms with van der Waals surface area (Å²) in [6.07, 6.45) is 7.38. The maximum atomic E-state index is 13.6. The van der Waals surface area contributed by atoms with Gasteiger partial charge in [0.15, 0.2) is 0 Å². The van der Waals surface area contributed by atoms with Gasteiger partial charge in [0.25, 0.3) is 0 Å². The Morgan fingerprint density at radius 2 is 2.00 bits per heavy atom. The first kappa shape index (κ1) is 12.8. The van der Waals surface area contributed by atoms with Crippen LogP contribution in [-0.4, -0.2) is 4.98 Å². The number of fused-ring (bicyclic) bond motifs is 1. The first-order valence-electron chi connectivity index (χ1n) is 5.73. The standard InChI is InChI=1S/C15H12FN.ClH/c16-15-5-1-4-13-12(6-7-14(13)15)9-11-3-2-8-17-10-11;/h1-5,8-10H,6-7H2;1H. The Labute approximate surface area is 112 Å². The molecule has 1 aromatic carbocycles. The van der Waals surface area contributed by atoms with Crippen LogP contribution in [0, 0.1) is 5.82 Å². The van der Waals surface area contributed by atoms with Gasteiger partial charge in [-0.2, -0.15) is 0 Å². The maximum Gasteiger partial charge on any atom is 0.127 e. The van der Waals surface area contributed by atoms with Crippen LogP contribution in [0.5, 0.6) is 0 Å². The molecule has 0 spiro atoms. The molecule has 0 saturated carbocycles. The summed E-state index contributed by atoms with van der Waals surface area (Å²) < 4.78 is 13.6. The van der Waals surface area contributed by atoms with Gasteiger partial charge >= 0.3 is 0 Å². The molecule has 1 aliphatic carbocycles. The van der Waals surface area contributed by atoms with E-state index in [0.717, 1.165) is 29.5 Å². The third-order valence-electron chi connectivity index (χ3n) is 3.13. The highest BCUT2D eigenvalue weighted by atomic mass is 35.5. The molecule has 0 radical (unpaired) electrons. The molecule has 18 heavy (non-hydrogen) atoms. The molecular formula is C15H13ClFN.